The average molecular weight is 269 g/mol. The Morgan fingerprint density at radius 3 is 2.16 bits per heavy atom. The third-order valence-electron chi connectivity index (χ3n) is 2.71. The van der Waals surface area contributed by atoms with E-state index in [1.807, 2.05) is 13.8 Å². The lowest BCUT2D eigenvalue weighted by atomic mass is 10.0. The highest BCUT2D eigenvalue weighted by Gasteiger charge is 2.11. The lowest BCUT2D eigenvalue weighted by Gasteiger charge is -2.11. The van der Waals surface area contributed by atoms with Crippen LogP contribution in [0.25, 0.3) is 0 Å². The molecule has 0 aliphatic carbocycles. The summed E-state index contributed by atoms with van der Waals surface area (Å²) >= 11 is 0. The first-order valence-corrected chi connectivity index (χ1v) is 6.91. The molecule has 0 fully saturated rings. The first-order chi connectivity index (χ1) is 8.82. The molecule has 19 heavy (non-hydrogen) atoms. The molecule has 4 heteroatoms. The van der Waals surface area contributed by atoms with E-state index < -0.39 is 11.9 Å². The van der Waals surface area contributed by atoms with Crippen LogP contribution in [0.2, 0.25) is 0 Å². The number of ether oxygens (including phenoxy) is 1. The van der Waals surface area contributed by atoms with Gasteiger partial charge in [-0.2, -0.15) is 0 Å². The van der Waals surface area contributed by atoms with Gasteiger partial charge < -0.3 is 14.6 Å². The Morgan fingerprint density at radius 2 is 1.68 bits per heavy atom. The van der Waals surface area contributed by atoms with Crippen LogP contribution in [0.4, 0.5) is 0 Å². The predicted octanol–water partition coefficient (Wildman–Crippen LogP) is 2.08. The summed E-state index contributed by atoms with van der Waals surface area (Å²) in [5.41, 5.74) is 0.199. The second-order valence-electron chi connectivity index (χ2n) is 5.59. The molecule has 0 radical (unpaired) electrons. The standard InChI is InChI=1S/C15H26O4/c1-11(2)6-5-7-13(10-14(16)17)15(18)19-9-8-12(3)4/h10-12H,5-9H2,1-4H3,(H,16,17)/p-1/b13-10-. The maximum Gasteiger partial charge on any atom is 0.334 e. The summed E-state index contributed by atoms with van der Waals surface area (Å²) in [5.74, 6) is -0.905. The molecule has 0 amide bonds. The molecule has 4 nitrogen and oxygen atoms in total. The van der Waals surface area contributed by atoms with Crippen LogP contribution in [0.1, 0.15) is 53.4 Å². The topological polar surface area (TPSA) is 66.4 Å². The van der Waals surface area contributed by atoms with E-state index in [-0.39, 0.29) is 5.57 Å². The molecule has 0 N–H and O–H groups in total. The van der Waals surface area contributed by atoms with Crippen LogP contribution in [0.3, 0.4) is 0 Å². The molecular weight excluding hydrogens is 244 g/mol. The molecule has 0 aromatic heterocycles. The van der Waals surface area contributed by atoms with Crippen molar-refractivity contribution in [3.8, 4) is 0 Å². The summed E-state index contributed by atoms with van der Waals surface area (Å²) in [6.07, 6.45) is 3.78. The zero-order chi connectivity index (χ0) is 14.8. The molecule has 0 saturated carbocycles. The van der Waals surface area contributed by atoms with Crippen LogP contribution in [-0.2, 0) is 14.3 Å². The van der Waals surface area contributed by atoms with Gasteiger partial charge in [-0.1, -0.05) is 34.1 Å². The van der Waals surface area contributed by atoms with Crippen LogP contribution in [0.5, 0.6) is 0 Å². The third-order valence-corrected chi connectivity index (χ3v) is 2.71. The largest absolute Gasteiger partial charge is 0.545 e. The lowest BCUT2D eigenvalue weighted by Crippen LogP contribution is -2.21. The molecule has 0 aliphatic heterocycles. The van der Waals surface area contributed by atoms with Gasteiger partial charge in [0.25, 0.3) is 0 Å². The number of hydrogen-bond acceptors (Lipinski definition) is 4. The van der Waals surface area contributed by atoms with E-state index in [1.165, 1.54) is 0 Å². The molecule has 0 aromatic rings. The van der Waals surface area contributed by atoms with Gasteiger partial charge in [0.05, 0.1) is 12.6 Å². The molecular formula is C15H25O4-. The summed E-state index contributed by atoms with van der Waals surface area (Å²) in [7, 11) is 0. The number of carboxylic acid groups (broad SMARTS) is 1. The van der Waals surface area contributed by atoms with Crippen LogP contribution in [-0.4, -0.2) is 18.5 Å². The molecule has 0 aromatic carbocycles. The van der Waals surface area contributed by atoms with Gasteiger partial charge in [0.15, 0.2) is 0 Å². The van der Waals surface area contributed by atoms with Crippen molar-refractivity contribution in [1.29, 1.82) is 0 Å². The van der Waals surface area contributed by atoms with E-state index >= 15 is 0 Å². The van der Waals surface area contributed by atoms with E-state index in [4.69, 9.17) is 4.74 Å². The van der Waals surface area contributed by atoms with Crippen LogP contribution in [0, 0.1) is 11.8 Å². The van der Waals surface area contributed by atoms with Crippen molar-refractivity contribution in [3.63, 3.8) is 0 Å². The van der Waals surface area contributed by atoms with Crippen molar-refractivity contribution in [2.75, 3.05) is 6.61 Å². The number of carboxylic acids is 1. The first kappa shape index (κ1) is 17.7. The third kappa shape index (κ3) is 10.3. The minimum atomic E-state index is -1.35. The molecule has 0 atom stereocenters. The number of carbonyl (C=O) groups excluding carboxylic acids is 2. The van der Waals surface area contributed by atoms with Gasteiger partial charge in [-0.25, -0.2) is 4.79 Å². The molecule has 0 unspecified atom stereocenters. The fourth-order valence-electron chi connectivity index (χ4n) is 1.56. The molecule has 0 rings (SSSR count). The summed E-state index contributed by atoms with van der Waals surface area (Å²) in [5, 5.41) is 10.6. The van der Waals surface area contributed by atoms with Crippen molar-refractivity contribution in [2.24, 2.45) is 11.8 Å². The van der Waals surface area contributed by atoms with Gasteiger partial charge >= 0.3 is 5.97 Å². The van der Waals surface area contributed by atoms with Crippen molar-refractivity contribution in [2.45, 2.75) is 53.4 Å². The Kier molecular flexibility index (Phi) is 8.92. The van der Waals surface area contributed by atoms with Gasteiger partial charge in [0, 0.05) is 5.57 Å². The van der Waals surface area contributed by atoms with Crippen molar-refractivity contribution in [1.82, 2.24) is 0 Å². The molecule has 0 spiro atoms. The van der Waals surface area contributed by atoms with Gasteiger partial charge in [-0.3, -0.25) is 0 Å². The van der Waals surface area contributed by atoms with Gasteiger partial charge in [-0.15, -0.1) is 0 Å². The quantitative estimate of drug-likeness (QED) is 0.475. The Morgan fingerprint density at radius 1 is 1.11 bits per heavy atom. The number of carbonyl (C=O) groups is 2. The van der Waals surface area contributed by atoms with Gasteiger partial charge in [0.2, 0.25) is 0 Å². The zero-order valence-corrected chi connectivity index (χ0v) is 12.4. The minimum absolute atomic E-state index is 0.199. The summed E-state index contributed by atoms with van der Waals surface area (Å²) in [4.78, 5) is 22.4. The summed E-state index contributed by atoms with van der Waals surface area (Å²) in [6, 6.07) is 0. The molecule has 0 aliphatic rings. The van der Waals surface area contributed by atoms with Gasteiger partial charge in [-0.05, 0) is 37.2 Å². The normalized spacial score (nSPS) is 12.0. The first-order valence-electron chi connectivity index (χ1n) is 6.91. The number of esters is 1. The Balaban J connectivity index is 4.33. The number of hydrogen-bond donors (Lipinski definition) is 0. The van der Waals surface area contributed by atoms with Crippen LogP contribution < -0.4 is 5.11 Å². The van der Waals surface area contributed by atoms with E-state index in [9.17, 15) is 14.7 Å². The van der Waals surface area contributed by atoms with Crippen molar-refractivity contribution >= 4 is 11.9 Å². The monoisotopic (exact) mass is 269 g/mol. The predicted molar refractivity (Wildman–Crippen MR) is 72.2 cm³/mol. The Labute approximate surface area is 115 Å². The molecule has 110 valence electrons. The Hall–Kier alpha value is -1.32. The average Bonchev–Trinajstić information content (AvgIpc) is 2.26. The van der Waals surface area contributed by atoms with E-state index in [2.05, 4.69) is 13.8 Å². The van der Waals surface area contributed by atoms with E-state index in [0.717, 1.165) is 25.3 Å². The molecule has 0 bridgehead atoms. The van der Waals surface area contributed by atoms with Crippen molar-refractivity contribution in [3.05, 3.63) is 11.6 Å². The fraction of sp³-hybridized carbons (Fsp3) is 0.733. The van der Waals surface area contributed by atoms with Crippen LogP contribution in [0.15, 0.2) is 11.6 Å². The SMILES string of the molecule is CC(C)CCC/C(=C/C(=O)[O-])C(=O)OCCC(C)C. The molecule has 0 heterocycles. The summed E-state index contributed by atoms with van der Waals surface area (Å²) < 4.78 is 5.08. The lowest BCUT2D eigenvalue weighted by molar-refractivity contribution is -0.297. The molecule has 0 saturated heterocycles. The Bertz CT molecular complexity index is 316. The smallest absolute Gasteiger partial charge is 0.334 e. The van der Waals surface area contributed by atoms with Crippen LogP contribution >= 0.6 is 0 Å². The fourth-order valence-corrected chi connectivity index (χ4v) is 1.56. The second kappa shape index (κ2) is 9.59. The number of rotatable bonds is 9. The van der Waals surface area contributed by atoms with Gasteiger partial charge in [0.1, 0.15) is 0 Å². The highest BCUT2D eigenvalue weighted by atomic mass is 16.5. The maximum absolute atomic E-state index is 11.8. The highest BCUT2D eigenvalue weighted by Crippen LogP contribution is 2.14. The zero-order valence-electron chi connectivity index (χ0n) is 12.4. The van der Waals surface area contributed by atoms with E-state index in [1.54, 1.807) is 0 Å². The van der Waals surface area contributed by atoms with Crippen molar-refractivity contribution < 1.29 is 19.4 Å². The summed E-state index contributed by atoms with van der Waals surface area (Å²) in [6.45, 7) is 8.57. The minimum Gasteiger partial charge on any atom is -0.545 e. The second-order valence-corrected chi connectivity index (χ2v) is 5.59. The highest BCUT2D eigenvalue weighted by molar-refractivity contribution is 5.95. The maximum atomic E-state index is 11.8. The van der Waals surface area contributed by atoms with E-state index in [0.29, 0.717) is 24.9 Å². The number of aliphatic carboxylic acids is 1.